The number of nitro groups is 1. The summed E-state index contributed by atoms with van der Waals surface area (Å²) in [5.41, 5.74) is 5.77. The van der Waals surface area contributed by atoms with Crippen molar-refractivity contribution in [3.05, 3.63) is 32.3 Å². The molecule has 0 radical (unpaired) electrons. The molecule has 24 heavy (non-hydrogen) atoms. The van der Waals surface area contributed by atoms with Gasteiger partial charge in [-0.25, -0.2) is 4.79 Å². The van der Waals surface area contributed by atoms with E-state index in [0.717, 1.165) is 25.3 Å². The lowest BCUT2D eigenvalue weighted by Crippen LogP contribution is -2.10. The summed E-state index contributed by atoms with van der Waals surface area (Å²) in [4.78, 5) is 22.3. The lowest BCUT2D eigenvalue weighted by Gasteiger charge is -2.08. The quantitative estimate of drug-likeness (QED) is 0.180. The Morgan fingerprint density at radius 2 is 1.75 bits per heavy atom. The van der Waals surface area contributed by atoms with E-state index in [9.17, 15) is 14.9 Å². The molecule has 7 heteroatoms. The molecule has 1 aromatic carbocycles. The predicted molar refractivity (Wildman–Crippen MR) is 98.1 cm³/mol. The Bertz CT molecular complexity index is 564. The Morgan fingerprint density at radius 3 is 2.33 bits per heavy atom. The topological polar surface area (TPSA) is 95.5 Å². The van der Waals surface area contributed by atoms with Gasteiger partial charge in [-0.1, -0.05) is 51.9 Å². The maximum Gasteiger partial charge on any atom is 0.340 e. The molecule has 0 saturated carbocycles. The molecule has 0 fully saturated rings. The molecule has 0 saturated heterocycles. The lowest BCUT2D eigenvalue weighted by atomic mass is 10.1. The number of hydrogen-bond acceptors (Lipinski definition) is 5. The first-order valence-corrected chi connectivity index (χ1v) is 9.17. The Morgan fingerprint density at radius 1 is 1.17 bits per heavy atom. The first-order valence-electron chi connectivity index (χ1n) is 8.38. The average Bonchev–Trinajstić information content (AvgIpc) is 2.55. The molecule has 0 heterocycles. The molecule has 0 amide bonds. The Labute approximate surface area is 151 Å². The third-order valence-corrected chi connectivity index (χ3v) is 4.43. The van der Waals surface area contributed by atoms with Crippen molar-refractivity contribution in [2.45, 2.75) is 58.3 Å². The highest BCUT2D eigenvalue weighted by Crippen LogP contribution is 2.29. The van der Waals surface area contributed by atoms with Gasteiger partial charge in [-0.3, -0.25) is 10.1 Å². The van der Waals surface area contributed by atoms with Gasteiger partial charge >= 0.3 is 5.97 Å². The highest BCUT2D eigenvalue weighted by Gasteiger charge is 2.19. The molecule has 0 bridgehead atoms. The zero-order chi connectivity index (χ0) is 17.9. The normalized spacial score (nSPS) is 10.6. The maximum absolute atomic E-state index is 12.1. The van der Waals surface area contributed by atoms with Gasteiger partial charge in [-0.05, 0) is 22.4 Å². The number of unbranched alkanes of at least 4 members (excludes halogenated alkanes) is 7. The van der Waals surface area contributed by atoms with Crippen molar-refractivity contribution in [3.63, 3.8) is 0 Å². The smallest absolute Gasteiger partial charge is 0.340 e. The number of esters is 1. The van der Waals surface area contributed by atoms with E-state index in [-0.39, 0.29) is 16.9 Å². The number of nitrogen functional groups attached to an aromatic ring is 1. The summed E-state index contributed by atoms with van der Waals surface area (Å²) >= 11 is 3.12. The average molecular weight is 401 g/mol. The number of hydrogen-bond donors (Lipinski definition) is 1. The molecule has 0 spiro atoms. The molecule has 0 aliphatic rings. The van der Waals surface area contributed by atoms with E-state index in [2.05, 4.69) is 22.9 Å². The van der Waals surface area contributed by atoms with Crippen molar-refractivity contribution in [2.75, 3.05) is 12.3 Å². The van der Waals surface area contributed by atoms with E-state index in [1.807, 2.05) is 0 Å². The third kappa shape index (κ3) is 6.86. The van der Waals surface area contributed by atoms with Crippen molar-refractivity contribution >= 4 is 33.3 Å². The first-order chi connectivity index (χ1) is 11.5. The fourth-order valence-electron chi connectivity index (χ4n) is 2.36. The summed E-state index contributed by atoms with van der Waals surface area (Å²) in [6.07, 6.45) is 9.20. The monoisotopic (exact) mass is 400 g/mol. The molecule has 1 aromatic rings. The summed E-state index contributed by atoms with van der Waals surface area (Å²) < 4.78 is 5.50. The highest BCUT2D eigenvalue weighted by molar-refractivity contribution is 9.10. The number of nitro benzene ring substituents is 1. The lowest BCUT2D eigenvalue weighted by molar-refractivity contribution is -0.384. The molecule has 1 rings (SSSR count). The standard InChI is InChI=1S/C17H25BrN2O4/c1-2-3-4-5-6-7-8-9-10-24-17(21)14-11-13(20(22)23)12-15(18)16(14)19/h11-12H,2-10,19H2,1H3. The number of anilines is 1. The van der Waals surface area contributed by atoms with Crippen molar-refractivity contribution in [1.29, 1.82) is 0 Å². The number of non-ortho nitro benzene ring substituents is 1. The fourth-order valence-corrected chi connectivity index (χ4v) is 2.80. The van der Waals surface area contributed by atoms with Crippen molar-refractivity contribution in [1.82, 2.24) is 0 Å². The third-order valence-electron chi connectivity index (χ3n) is 3.78. The molecule has 0 unspecified atom stereocenters. The van der Waals surface area contributed by atoms with Gasteiger partial charge in [0.2, 0.25) is 0 Å². The van der Waals surface area contributed by atoms with E-state index in [1.54, 1.807) is 0 Å². The second kappa shape index (κ2) is 11.0. The number of rotatable bonds is 11. The Balaban J connectivity index is 2.37. The number of ether oxygens (including phenoxy) is 1. The molecule has 0 atom stereocenters. The summed E-state index contributed by atoms with van der Waals surface area (Å²) in [6, 6.07) is 2.42. The minimum atomic E-state index is -0.625. The van der Waals surface area contributed by atoms with E-state index in [1.165, 1.54) is 38.2 Å². The molecule has 0 aliphatic heterocycles. The second-order valence-electron chi connectivity index (χ2n) is 5.76. The summed E-state index contributed by atoms with van der Waals surface area (Å²) in [7, 11) is 0. The van der Waals surface area contributed by atoms with Gasteiger partial charge in [0.1, 0.15) is 0 Å². The zero-order valence-electron chi connectivity index (χ0n) is 14.1. The molecule has 134 valence electrons. The number of nitrogens with two attached hydrogens (primary N) is 1. The van der Waals surface area contributed by atoms with Crippen LogP contribution in [-0.2, 0) is 4.74 Å². The van der Waals surface area contributed by atoms with Crippen LogP contribution < -0.4 is 5.73 Å². The summed E-state index contributed by atoms with van der Waals surface area (Å²) in [5.74, 6) is -0.625. The van der Waals surface area contributed by atoms with Crippen molar-refractivity contribution in [3.8, 4) is 0 Å². The van der Waals surface area contributed by atoms with Crippen LogP contribution in [-0.4, -0.2) is 17.5 Å². The fraction of sp³-hybridized carbons (Fsp3) is 0.588. The molecule has 0 aromatic heterocycles. The summed E-state index contributed by atoms with van der Waals surface area (Å²) in [5, 5.41) is 10.9. The van der Waals surface area contributed by atoms with Crippen LogP contribution in [0.15, 0.2) is 16.6 Å². The zero-order valence-corrected chi connectivity index (χ0v) is 15.6. The molecular formula is C17H25BrN2O4. The van der Waals surface area contributed by atoms with Gasteiger partial charge in [-0.2, -0.15) is 0 Å². The highest BCUT2D eigenvalue weighted by atomic mass is 79.9. The second-order valence-corrected chi connectivity index (χ2v) is 6.61. The number of nitrogens with zero attached hydrogens (tertiary/aromatic N) is 1. The predicted octanol–water partition coefficient (Wildman–Crippen LogP) is 5.24. The van der Waals surface area contributed by atoms with Crippen LogP contribution in [0.2, 0.25) is 0 Å². The minimum absolute atomic E-state index is 0.0237. The van der Waals surface area contributed by atoms with E-state index >= 15 is 0 Å². The molecule has 2 N–H and O–H groups in total. The number of carbonyl (C=O) groups excluding carboxylic acids is 1. The van der Waals surface area contributed by atoms with E-state index < -0.39 is 10.9 Å². The van der Waals surface area contributed by atoms with Crippen molar-refractivity contribution in [2.24, 2.45) is 0 Å². The van der Waals surface area contributed by atoms with Crippen LogP contribution in [0.5, 0.6) is 0 Å². The van der Waals surface area contributed by atoms with Gasteiger partial charge in [0.05, 0.1) is 22.8 Å². The van der Waals surface area contributed by atoms with Gasteiger partial charge in [0.25, 0.3) is 5.69 Å². The van der Waals surface area contributed by atoms with Gasteiger partial charge in [0, 0.05) is 16.6 Å². The van der Waals surface area contributed by atoms with Crippen LogP contribution in [0.3, 0.4) is 0 Å². The maximum atomic E-state index is 12.1. The Kier molecular flexibility index (Phi) is 9.37. The van der Waals surface area contributed by atoms with Crippen LogP contribution in [0, 0.1) is 10.1 Å². The molecular weight excluding hydrogens is 376 g/mol. The molecule has 0 aliphatic carbocycles. The van der Waals surface area contributed by atoms with Crippen LogP contribution >= 0.6 is 15.9 Å². The first kappa shape index (κ1) is 20.4. The van der Waals surface area contributed by atoms with Gasteiger partial charge in [-0.15, -0.1) is 0 Å². The Hall–Kier alpha value is -1.63. The SMILES string of the molecule is CCCCCCCCCCOC(=O)c1cc([N+](=O)[O-])cc(Br)c1N. The largest absolute Gasteiger partial charge is 0.462 e. The van der Waals surface area contributed by atoms with Crippen LogP contribution in [0.4, 0.5) is 11.4 Å². The number of halogens is 1. The van der Waals surface area contributed by atoms with Crippen molar-refractivity contribution < 1.29 is 14.5 Å². The molecule has 6 nitrogen and oxygen atoms in total. The number of benzene rings is 1. The summed E-state index contributed by atoms with van der Waals surface area (Å²) in [6.45, 7) is 2.49. The van der Waals surface area contributed by atoms with Gasteiger partial charge < -0.3 is 10.5 Å². The van der Waals surface area contributed by atoms with Crippen LogP contribution in [0.1, 0.15) is 68.6 Å². The van der Waals surface area contributed by atoms with Gasteiger partial charge in [0.15, 0.2) is 0 Å². The number of carbonyl (C=O) groups is 1. The minimum Gasteiger partial charge on any atom is -0.462 e. The van der Waals surface area contributed by atoms with E-state index in [4.69, 9.17) is 10.5 Å². The van der Waals surface area contributed by atoms with E-state index in [0.29, 0.717) is 11.1 Å². The van der Waals surface area contributed by atoms with Crippen LogP contribution in [0.25, 0.3) is 0 Å².